The number of carbonyl (C=O) groups is 1. The Morgan fingerprint density at radius 2 is 1.62 bits per heavy atom. The van der Waals surface area contributed by atoms with Crippen LogP contribution in [0.15, 0.2) is 84.2 Å². The second-order valence-electron chi connectivity index (χ2n) is 5.31. The number of aromatic nitrogens is 1. The molecule has 7 heteroatoms. The number of hydrogen-bond acceptors (Lipinski definition) is 5. The molecule has 1 amide bonds. The summed E-state index contributed by atoms with van der Waals surface area (Å²) in [5, 5.41) is 14.9. The molecule has 0 aliphatic heterocycles. The highest BCUT2D eigenvalue weighted by Gasteiger charge is 2.11. The van der Waals surface area contributed by atoms with Gasteiger partial charge in [0.1, 0.15) is 0 Å². The maximum Gasteiger partial charge on any atom is 0.271 e. The van der Waals surface area contributed by atoms with Gasteiger partial charge in [0.2, 0.25) is 0 Å². The van der Waals surface area contributed by atoms with Crippen molar-refractivity contribution in [1.29, 1.82) is 0 Å². The Labute approximate surface area is 149 Å². The van der Waals surface area contributed by atoms with Crippen LogP contribution < -0.4 is 5.43 Å². The Morgan fingerprint density at radius 1 is 0.923 bits per heavy atom. The minimum atomic E-state index is -0.518. The highest BCUT2D eigenvalue weighted by Crippen LogP contribution is 2.12. The largest absolute Gasteiger partial charge is 0.271 e. The van der Waals surface area contributed by atoms with Gasteiger partial charge in [-0.05, 0) is 24.3 Å². The molecular weight excluding hydrogens is 332 g/mol. The van der Waals surface area contributed by atoms with E-state index in [4.69, 9.17) is 0 Å². The van der Waals surface area contributed by atoms with Gasteiger partial charge in [-0.3, -0.25) is 19.9 Å². The fourth-order valence-electron chi connectivity index (χ4n) is 2.30. The number of nitrogens with one attached hydrogen (secondary N) is 1. The van der Waals surface area contributed by atoms with Gasteiger partial charge in [-0.2, -0.15) is 5.10 Å². The first kappa shape index (κ1) is 17.0. The van der Waals surface area contributed by atoms with Crippen LogP contribution >= 0.6 is 0 Å². The Bertz CT molecular complexity index is 898. The molecule has 0 spiro atoms. The van der Waals surface area contributed by atoms with Gasteiger partial charge in [0.15, 0.2) is 0 Å². The smallest absolute Gasteiger partial charge is 0.267 e. The third-order valence-corrected chi connectivity index (χ3v) is 3.59. The maximum absolute atomic E-state index is 12.3. The minimum Gasteiger partial charge on any atom is -0.267 e. The summed E-state index contributed by atoms with van der Waals surface area (Å²) in [5.41, 5.74) is 4.83. The van der Waals surface area contributed by atoms with E-state index in [1.807, 2.05) is 36.4 Å². The van der Waals surface area contributed by atoms with Crippen molar-refractivity contribution in [2.75, 3.05) is 0 Å². The second kappa shape index (κ2) is 7.80. The third-order valence-electron chi connectivity index (χ3n) is 3.59. The van der Waals surface area contributed by atoms with Gasteiger partial charge >= 0.3 is 0 Å². The van der Waals surface area contributed by atoms with Crippen LogP contribution in [0.1, 0.15) is 21.5 Å². The lowest BCUT2D eigenvalue weighted by Gasteiger charge is -2.07. The summed E-state index contributed by atoms with van der Waals surface area (Å²) >= 11 is 0. The quantitative estimate of drug-likeness (QED) is 0.436. The summed E-state index contributed by atoms with van der Waals surface area (Å²) in [4.78, 5) is 26.5. The van der Waals surface area contributed by atoms with Gasteiger partial charge in [-0.15, -0.1) is 0 Å². The normalized spacial score (nSPS) is 11.0. The van der Waals surface area contributed by atoms with Gasteiger partial charge < -0.3 is 0 Å². The second-order valence-corrected chi connectivity index (χ2v) is 5.31. The zero-order chi connectivity index (χ0) is 18.4. The average molecular weight is 346 g/mol. The monoisotopic (exact) mass is 346 g/mol. The number of benzene rings is 2. The Morgan fingerprint density at radius 3 is 2.23 bits per heavy atom. The Hall–Kier alpha value is -3.87. The first-order valence-corrected chi connectivity index (χ1v) is 7.73. The summed E-state index contributed by atoms with van der Waals surface area (Å²) in [6.07, 6.45) is 3.31. The lowest BCUT2D eigenvalue weighted by atomic mass is 10.0. The summed E-state index contributed by atoms with van der Waals surface area (Å²) in [5.74, 6) is -0.461. The van der Waals surface area contributed by atoms with Crippen LogP contribution in [0.4, 0.5) is 5.69 Å². The number of carbonyl (C=O) groups excluding carboxylic acids is 1. The van der Waals surface area contributed by atoms with Crippen molar-refractivity contribution in [2.24, 2.45) is 5.10 Å². The molecule has 0 unspecified atom stereocenters. The van der Waals surface area contributed by atoms with Crippen molar-refractivity contribution in [2.45, 2.75) is 0 Å². The van der Waals surface area contributed by atoms with Crippen LogP contribution in [0.5, 0.6) is 0 Å². The van der Waals surface area contributed by atoms with E-state index in [2.05, 4.69) is 15.5 Å². The van der Waals surface area contributed by atoms with E-state index < -0.39 is 10.8 Å². The summed E-state index contributed by atoms with van der Waals surface area (Å²) in [7, 11) is 0. The van der Waals surface area contributed by atoms with Crippen molar-refractivity contribution >= 4 is 17.3 Å². The number of nitro benzene ring substituents is 1. The maximum atomic E-state index is 12.3. The molecule has 3 aromatic rings. The van der Waals surface area contributed by atoms with Crippen LogP contribution in [0.2, 0.25) is 0 Å². The Kier molecular flexibility index (Phi) is 5.09. The molecule has 0 fully saturated rings. The highest BCUT2D eigenvalue weighted by atomic mass is 16.6. The number of hydrogen-bond donors (Lipinski definition) is 1. The van der Waals surface area contributed by atoms with E-state index in [-0.39, 0.29) is 11.3 Å². The van der Waals surface area contributed by atoms with Gasteiger partial charge in [0.05, 0.1) is 10.6 Å². The van der Waals surface area contributed by atoms with E-state index in [1.165, 1.54) is 24.3 Å². The molecule has 2 aromatic carbocycles. The average Bonchev–Trinajstić information content (AvgIpc) is 2.69. The number of rotatable bonds is 5. The molecule has 7 nitrogen and oxygen atoms in total. The predicted octanol–water partition coefficient (Wildman–Crippen LogP) is 3.17. The molecule has 0 aliphatic carbocycles. The predicted molar refractivity (Wildman–Crippen MR) is 96.9 cm³/mol. The van der Waals surface area contributed by atoms with Crippen molar-refractivity contribution < 1.29 is 9.72 Å². The standard InChI is InChI=1S/C19H14N4O3/c24-19(15-8-10-17(11-9-15)23(25)26)22-21-18(14-5-2-1-3-6-14)16-7-4-12-20-13-16/h1-13H,(H,22,24). The van der Waals surface area contributed by atoms with Crippen LogP contribution in [0.3, 0.4) is 0 Å². The number of pyridine rings is 1. The van der Waals surface area contributed by atoms with Gasteiger partial charge in [-0.1, -0.05) is 30.3 Å². The fourth-order valence-corrected chi connectivity index (χ4v) is 2.30. The molecule has 1 aromatic heterocycles. The van der Waals surface area contributed by atoms with Gasteiger partial charge in [-0.25, -0.2) is 5.43 Å². The molecule has 0 bridgehead atoms. The van der Waals surface area contributed by atoms with Crippen LogP contribution in [-0.4, -0.2) is 21.5 Å². The van der Waals surface area contributed by atoms with Crippen LogP contribution in [0, 0.1) is 10.1 Å². The SMILES string of the molecule is O=C(NN=C(c1ccccc1)c1cccnc1)c1ccc([N+](=O)[O-])cc1. The first-order chi connectivity index (χ1) is 12.6. The van der Waals surface area contributed by atoms with E-state index >= 15 is 0 Å². The third kappa shape index (κ3) is 3.96. The summed E-state index contributed by atoms with van der Waals surface area (Å²) < 4.78 is 0. The zero-order valence-electron chi connectivity index (χ0n) is 13.6. The number of nitro groups is 1. The van der Waals surface area contributed by atoms with E-state index in [1.54, 1.807) is 18.5 Å². The van der Waals surface area contributed by atoms with E-state index in [0.717, 1.165) is 11.1 Å². The number of nitrogens with zero attached hydrogens (tertiary/aromatic N) is 3. The molecule has 0 saturated carbocycles. The van der Waals surface area contributed by atoms with Crippen molar-refractivity contribution in [3.8, 4) is 0 Å². The zero-order valence-corrected chi connectivity index (χ0v) is 13.6. The number of hydrazone groups is 1. The van der Waals surface area contributed by atoms with E-state index in [9.17, 15) is 14.9 Å². The summed E-state index contributed by atoms with van der Waals surface area (Å²) in [6.45, 7) is 0. The lowest BCUT2D eigenvalue weighted by Crippen LogP contribution is -2.20. The molecular formula is C19H14N4O3. The molecule has 0 radical (unpaired) electrons. The fraction of sp³-hybridized carbons (Fsp3) is 0. The van der Waals surface area contributed by atoms with Gasteiger partial charge in [0, 0.05) is 41.2 Å². The topological polar surface area (TPSA) is 97.5 Å². The molecule has 3 rings (SSSR count). The van der Waals surface area contributed by atoms with Crippen LogP contribution in [-0.2, 0) is 0 Å². The van der Waals surface area contributed by atoms with E-state index in [0.29, 0.717) is 5.71 Å². The highest BCUT2D eigenvalue weighted by molar-refractivity contribution is 6.13. The molecule has 0 atom stereocenters. The van der Waals surface area contributed by atoms with Crippen molar-refractivity contribution in [3.63, 3.8) is 0 Å². The minimum absolute atomic E-state index is 0.0783. The molecule has 128 valence electrons. The molecule has 1 N–H and O–H groups in total. The van der Waals surface area contributed by atoms with Gasteiger partial charge in [0.25, 0.3) is 11.6 Å². The first-order valence-electron chi connectivity index (χ1n) is 7.73. The molecule has 0 saturated heterocycles. The van der Waals surface area contributed by atoms with Crippen LogP contribution in [0.25, 0.3) is 0 Å². The summed E-state index contributed by atoms with van der Waals surface area (Å²) in [6, 6.07) is 18.3. The lowest BCUT2D eigenvalue weighted by molar-refractivity contribution is -0.384. The molecule has 26 heavy (non-hydrogen) atoms. The van der Waals surface area contributed by atoms with Crippen molar-refractivity contribution in [1.82, 2.24) is 10.4 Å². The van der Waals surface area contributed by atoms with Crippen molar-refractivity contribution in [3.05, 3.63) is 106 Å². The molecule has 0 aliphatic rings. The number of amides is 1. The Balaban J connectivity index is 1.86. The number of non-ortho nitro benzene ring substituents is 1. The molecule has 1 heterocycles.